The predicted molar refractivity (Wildman–Crippen MR) is 79.6 cm³/mol. The first-order valence-electron chi connectivity index (χ1n) is 7.02. The number of carbonyl (C=O) groups excluding carboxylic acids is 1. The Morgan fingerprint density at radius 1 is 1.27 bits per heavy atom. The Labute approximate surface area is 127 Å². The van der Waals surface area contributed by atoms with E-state index in [1.165, 1.54) is 0 Å². The molecule has 0 aliphatic carbocycles. The van der Waals surface area contributed by atoms with Crippen molar-refractivity contribution < 1.29 is 4.79 Å². The van der Waals surface area contributed by atoms with Crippen molar-refractivity contribution in [3.05, 3.63) is 41.4 Å². The van der Waals surface area contributed by atoms with Gasteiger partial charge >= 0.3 is 0 Å². The summed E-state index contributed by atoms with van der Waals surface area (Å²) in [6.45, 7) is 6.57. The summed E-state index contributed by atoms with van der Waals surface area (Å²) in [7, 11) is 0. The Bertz CT molecular complexity index is 833. The first kappa shape index (κ1) is 14.2. The molecule has 1 N–H and O–H groups in total. The van der Waals surface area contributed by atoms with Gasteiger partial charge < -0.3 is 5.32 Å². The zero-order valence-corrected chi connectivity index (χ0v) is 12.7. The molecule has 0 fully saturated rings. The quantitative estimate of drug-likeness (QED) is 0.765. The van der Waals surface area contributed by atoms with Crippen molar-refractivity contribution in [2.75, 3.05) is 6.54 Å². The number of aryl methyl sites for hydroxylation is 3. The van der Waals surface area contributed by atoms with Crippen LogP contribution in [0.25, 0.3) is 5.65 Å². The minimum absolute atomic E-state index is 0.180. The van der Waals surface area contributed by atoms with E-state index in [0.29, 0.717) is 30.0 Å². The smallest absolute Gasteiger partial charge is 0.257 e. The van der Waals surface area contributed by atoms with E-state index in [1.807, 2.05) is 13.8 Å². The number of aromatic nitrogens is 6. The monoisotopic (exact) mass is 299 g/mol. The third-order valence-corrected chi connectivity index (χ3v) is 3.37. The van der Waals surface area contributed by atoms with Gasteiger partial charge in [-0.25, -0.2) is 19.2 Å². The molecule has 114 valence electrons. The normalized spacial score (nSPS) is 11.0. The van der Waals surface area contributed by atoms with Crippen molar-refractivity contribution in [1.29, 1.82) is 0 Å². The van der Waals surface area contributed by atoms with Gasteiger partial charge in [-0.3, -0.25) is 4.79 Å². The van der Waals surface area contributed by atoms with Gasteiger partial charge in [0.15, 0.2) is 5.65 Å². The highest BCUT2D eigenvalue weighted by Gasteiger charge is 2.17. The zero-order chi connectivity index (χ0) is 15.7. The lowest BCUT2D eigenvalue weighted by Crippen LogP contribution is -2.28. The third kappa shape index (κ3) is 2.54. The molecule has 22 heavy (non-hydrogen) atoms. The highest BCUT2D eigenvalue weighted by Crippen LogP contribution is 2.12. The highest BCUT2D eigenvalue weighted by atomic mass is 16.1. The number of amides is 1. The topological polar surface area (TPSA) is 90.0 Å². The molecule has 0 saturated heterocycles. The van der Waals surface area contributed by atoms with Gasteiger partial charge in [0.05, 0.1) is 12.2 Å². The van der Waals surface area contributed by atoms with E-state index in [2.05, 4.69) is 25.5 Å². The van der Waals surface area contributed by atoms with Gasteiger partial charge in [-0.15, -0.1) is 0 Å². The number of nitrogens with one attached hydrogen (secondary N) is 1. The van der Waals surface area contributed by atoms with Gasteiger partial charge in [-0.2, -0.15) is 10.2 Å². The molecule has 0 unspecified atom stereocenters. The third-order valence-electron chi connectivity index (χ3n) is 3.37. The van der Waals surface area contributed by atoms with E-state index in [4.69, 9.17) is 0 Å². The Balaban J connectivity index is 1.71. The summed E-state index contributed by atoms with van der Waals surface area (Å²) in [5.41, 5.74) is 1.72. The van der Waals surface area contributed by atoms with Crippen molar-refractivity contribution in [3.8, 4) is 0 Å². The molecule has 0 aromatic carbocycles. The Morgan fingerprint density at radius 3 is 2.82 bits per heavy atom. The summed E-state index contributed by atoms with van der Waals surface area (Å²) >= 11 is 0. The number of nitrogens with zero attached hydrogens (tertiary/aromatic N) is 6. The molecule has 1 amide bonds. The Kier molecular flexibility index (Phi) is 3.58. The lowest BCUT2D eigenvalue weighted by Gasteiger charge is -2.05. The number of rotatable bonds is 4. The molecule has 3 rings (SSSR count). The van der Waals surface area contributed by atoms with Crippen LogP contribution in [0.2, 0.25) is 0 Å². The van der Waals surface area contributed by atoms with Crippen molar-refractivity contribution in [2.45, 2.75) is 27.3 Å². The molecule has 8 nitrogen and oxygen atoms in total. The molecule has 3 aromatic heterocycles. The van der Waals surface area contributed by atoms with E-state index in [9.17, 15) is 4.79 Å². The van der Waals surface area contributed by atoms with Crippen molar-refractivity contribution in [1.82, 2.24) is 34.7 Å². The summed E-state index contributed by atoms with van der Waals surface area (Å²) in [6, 6.07) is 1.77. The number of hydrogen-bond donors (Lipinski definition) is 1. The minimum Gasteiger partial charge on any atom is -0.350 e. The summed E-state index contributed by atoms with van der Waals surface area (Å²) in [5.74, 6) is 1.38. The number of carbonyl (C=O) groups is 1. The van der Waals surface area contributed by atoms with Gasteiger partial charge in [-0.1, -0.05) is 0 Å². The lowest BCUT2D eigenvalue weighted by atomic mass is 10.2. The second-order valence-corrected chi connectivity index (χ2v) is 5.03. The van der Waals surface area contributed by atoms with E-state index < -0.39 is 0 Å². The van der Waals surface area contributed by atoms with E-state index in [-0.39, 0.29) is 5.91 Å². The Hall–Kier alpha value is -2.77. The van der Waals surface area contributed by atoms with Crippen LogP contribution in [0.15, 0.2) is 18.5 Å². The van der Waals surface area contributed by atoms with Crippen molar-refractivity contribution in [3.63, 3.8) is 0 Å². The molecule has 3 heterocycles. The fourth-order valence-corrected chi connectivity index (χ4v) is 2.40. The van der Waals surface area contributed by atoms with E-state index >= 15 is 0 Å². The van der Waals surface area contributed by atoms with E-state index in [1.54, 1.807) is 34.6 Å². The molecule has 0 aliphatic rings. The summed E-state index contributed by atoms with van der Waals surface area (Å²) in [4.78, 5) is 20.8. The molecule has 8 heteroatoms. The molecule has 3 aromatic rings. The van der Waals surface area contributed by atoms with E-state index in [0.717, 1.165) is 11.6 Å². The largest absolute Gasteiger partial charge is 0.350 e. The van der Waals surface area contributed by atoms with Crippen LogP contribution < -0.4 is 5.32 Å². The standard InChI is InChI=1S/C14H17N7O/c1-9-12(13-15-5-4-7-21(13)18-9)14(22)16-6-8-20-11(3)17-10(2)19-20/h4-5,7H,6,8H2,1-3H3,(H,16,22). The zero-order valence-electron chi connectivity index (χ0n) is 12.7. The average Bonchev–Trinajstić information content (AvgIpc) is 2.97. The molecule has 0 spiro atoms. The summed E-state index contributed by atoms with van der Waals surface area (Å²) in [5, 5.41) is 11.4. The van der Waals surface area contributed by atoms with Gasteiger partial charge in [0, 0.05) is 18.9 Å². The second kappa shape index (κ2) is 5.55. The van der Waals surface area contributed by atoms with Crippen LogP contribution in [0.1, 0.15) is 27.7 Å². The van der Waals surface area contributed by atoms with Crippen LogP contribution in [0.5, 0.6) is 0 Å². The molecule has 0 atom stereocenters. The number of fused-ring (bicyclic) bond motifs is 1. The van der Waals surface area contributed by atoms with Gasteiger partial charge in [0.25, 0.3) is 5.91 Å². The maximum Gasteiger partial charge on any atom is 0.257 e. The van der Waals surface area contributed by atoms with Gasteiger partial charge in [-0.05, 0) is 26.8 Å². The summed E-state index contributed by atoms with van der Waals surface area (Å²) in [6.07, 6.45) is 3.42. The van der Waals surface area contributed by atoms with Crippen molar-refractivity contribution >= 4 is 11.6 Å². The highest BCUT2D eigenvalue weighted by molar-refractivity contribution is 6.00. The SMILES string of the molecule is Cc1nc(C)n(CCNC(=O)c2c(C)nn3cccnc23)n1. The average molecular weight is 299 g/mol. The predicted octanol–water partition coefficient (Wildman–Crippen LogP) is 0.676. The molecular weight excluding hydrogens is 282 g/mol. The first-order chi connectivity index (χ1) is 10.6. The van der Waals surface area contributed by atoms with Crippen LogP contribution in [0.3, 0.4) is 0 Å². The van der Waals surface area contributed by atoms with Crippen LogP contribution in [0, 0.1) is 20.8 Å². The summed E-state index contributed by atoms with van der Waals surface area (Å²) < 4.78 is 3.38. The van der Waals surface area contributed by atoms with Crippen LogP contribution in [-0.2, 0) is 6.54 Å². The molecule has 0 radical (unpaired) electrons. The van der Waals surface area contributed by atoms with Gasteiger partial charge in [0.2, 0.25) is 0 Å². The van der Waals surface area contributed by atoms with Crippen LogP contribution >= 0.6 is 0 Å². The molecular formula is C14H17N7O. The molecule has 0 saturated carbocycles. The molecule has 0 bridgehead atoms. The second-order valence-electron chi connectivity index (χ2n) is 5.03. The fourth-order valence-electron chi connectivity index (χ4n) is 2.40. The van der Waals surface area contributed by atoms with Crippen LogP contribution in [-0.4, -0.2) is 41.8 Å². The van der Waals surface area contributed by atoms with Crippen molar-refractivity contribution in [2.24, 2.45) is 0 Å². The lowest BCUT2D eigenvalue weighted by molar-refractivity contribution is 0.0952. The first-order valence-corrected chi connectivity index (χ1v) is 7.02. The molecule has 0 aliphatic heterocycles. The number of hydrogen-bond acceptors (Lipinski definition) is 5. The van der Waals surface area contributed by atoms with Crippen LogP contribution in [0.4, 0.5) is 0 Å². The fraction of sp³-hybridized carbons (Fsp3) is 0.357. The maximum absolute atomic E-state index is 12.4. The minimum atomic E-state index is -0.180. The van der Waals surface area contributed by atoms with Gasteiger partial charge in [0.1, 0.15) is 17.2 Å². The Morgan fingerprint density at radius 2 is 2.09 bits per heavy atom. The maximum atomic E-state index is 12.4.